The van der Waals surface area contributed by atoms with Crippen LogP contribution in [0, 0.1) is 0 Å². The number of carbonyl (C=O) groups excluding carboxylic acids is 2. The van der Waals surface area contributed by atoms with Gasteiger partial charge in [-0.1, -0.05) is 30.3 Å². The zero-order valence-electron chi connectivity index (χ0n) is 12.2. The standard InChI is InChI=1S/C17H18N2O3/c20-15-10-19(11-15)16(21)7-8-18-17(22)14-6-5-12-3-1-2-4-13(12)9-14/h1-6,9,15,20H,7-8,10-11H2,(H,18,22). The average Bonchev–Trinajstić information content (AvgIpc) is 2.51. The molecular formula is C17H18N2O3. The lowest BCUT2D eigenvalue weighted by Gasteiger charge is -2.35. The van der Waals surface area contributed by atoms with Crippen LogP contribution in [0.25, 0.3) is 10.8 Å². The first-order valence-corrected chi connectivity index (χ1v) is 7.36. The number of hydrogen-bond donors (Lipinski definition) is 2. The number of hydrogen-bond acceptors (Lipinski definition) is 3. The number of nitrogens with one attached hydrogen (secondary N) is 1. The molecule has 0 spiro atoms. The Morgan fingerprint density at radius 1 is 1.14 bits per heavy atom. The van der Waals surface area contributed by atoms with Crippen LogP contribution in [-0.4, -0.2) is 47.6 Å². The maximum atomic E-state index is 12.1. The van der Waals surface area contributed by atoms with Crippen LogP contribution < -0.4 is 5.32 Å². The predicted octanol–water partition coefficient (Wildman–Crippen LogP) is 1.16. The number of carbonyl (C=O) groups is 2. The smallest absolute Gasteiger partial charge is 0.251 e. The first-order chi connectivity index (χ1) is 10.6. The summed E-state index contributed by atoms with van der Waals surface area (Å²) in [4.78, 5) is 25.4. The third kappa shape index (κ3) is 3.09. The molecule has 1 aliphatic heterocycles. The Bertz CT molecular complexity index is 708. The molecule has 0 atom stereocenters. The van der Waals surface area contributed by atoms with Crippen molar-refractivity contribution in [3.63, 3.8) is 0 Å². The molecule has 2 aromatic carbocycles. The molecule has 0 aromatic heterocycles. The van der Waals surface area contributed by atoms with E-state index in [4.69, 9.17) is 5.11 Å². The number of likely N-dealkylation sites (tertiary alicyclic amines) is 1. The number of rotatable bonds is 4. The lowest BCUT2D eigenvalue weighted by Crippen LogP contribution is -2.53. The highest BCUT2D eigenvalue weighted by Crippen LogP contribution is 2.15. The van der Waals surface area contributed by atoms with Crippen molar-refractivity contribution in [3.05, 3.63) is 48.0 Å². The molecule has 0 unspecified atom stereocenters. The van der Waals surface area contributed by atoms with E-state index in [1.807, 2.05) is 36.4 Å². The molecule has 0 radical (unpaired) electrons. The maximum absolute atomic E-state index is 12.1. The topological polar surface area (TPSA) is 69.6 Å². The van der Waals surface area contributed by atoms with Crippen molar-refractivity contribution in [2.75, 3.05) is 19.6 Å². The van der Waals surface area contributed by atoms with E-state index in [0.29, 0.717) is 25.2 Å². The number of aliphatic hydroxyl groups excluding tert-OH is 1. The third-order valence-corrected chi connectivity index (χ3v) is 3.85. The van der Waals surface area contributed by atoms with Gasteiger partial charge in [0.1, 0.15) is 0 Å². The monoisotopic (exact) mass is 298 g/mol. The second-order valence-electron chi connectivity index (χ2n) is 5.52. The summed E-state index contributed by atoms with van der Waals surface area (Å²) in [6.45, 7) is 1.10. The fourth-order valence-electron chi connectivity index (χ4n) is 2.53. The van der Waals surface area contributed by atoms with Gasteiger partial charge < -0.3 is 15.3 Å². The molecule has 0 bridgehead atoms. The van der Waals surface area contributed by atoms with Gasteiger partial charge in [0.25, 0.3) is 5.91 Å². The van der Waals surface area contributed by atoms with E-state index in [2.05, 4.69) is 5.32 Å². The van der Waals surface area contributed by atoms with Crippen LogP contribution >= 0.6 is 0 Å². The Balaban J connectivity index is 1.53. The Morgan fingerprint density at radius 2 is 1.86 bits per heavy atom. The summed E-state index contributed by atoms with van der Waals surface area (Å²) in [6.07, 6.45) is -0.136. The largest absolute Gasteiger partial charge is 0.389 e. The van der Waals surface area contributed by atoms with Gasteiger partial charge in [0, 0.05) is 31.6 Å². The summed E-state index contributed by atoms with van der Waals surface area (Å²) >= 11 is 0. The molecule has 1 saturated heterocycles. The minimum Gasteiger partial charge on any atom is -0.389 e. The molecule has 2 N–H and O–H groups in total. The highest BCUT2D eigenvalue weighted by Gasteiger charge is 2.28. The molecule has 5 heteroatoms. The minimum absolute atomic E-state index is 0.0379. The van der Waals surface area contributed by atoms with Crippen LogP contribution in [0.4, 0.5) is 0 Å². The molecule has 114 valence electrons. The van der Waals surface area contributed by atoms with Crippen molar-refractivity contribution in [3.8, 4) is 0 Å². The Labute approximate surface area is 128 Å². The number of amides is 2. The quantitative estimate of drug-likeness (QED) is 0.890. The lowest BCUT2D eigenvalue weighted by molar-refractivity contribution is -0.141. The molecule has 1 fully saturated rings. The molecule has 22 heavy (non-hydrogen) atoms. The van der Waals surface area contributed by atoms with Crippen molar-refractivity contribution >= 4 is 22.6 Å². The second kappa shape index (κ2) is 6.15. The fraction of sp³-hybridized carbons (Fsp3) is 0.294. The molecule has 1 heterocycles. The van der Waals surface area contributed by atoms with Crippen LogP contribution in [0.5, 0.6) is 0 Å². The molecule has 0 aliphatic carbocycles. The van der Waals surface area contributed by atoms with Gasteiger partial charge in [0.2, 0.25) is 5.91 Å². The molecule has 5 nitrogen and oxygen atoms in total. The van der Waals surface area contributed by atoms with Crippen molar-refractivity contribution in [1.82, 2.24) is 10.2 Å². The van der Waals surface area contributed by atoms with E-state index in [9.17, 15) is 9.59 Å². The van der Waals surface area contributed by atoms with E-state index in [-0.39, 0.29) is 18.2 Å². The van der Waals surface area contributed by atoms with Gasteiger partial charge in [-0.05, 0) is 22.9 Å². The Morgan fingerprint density at radius 3 is 2.59 bits per heavy atom. The van der Waals surface area contributed by atoms with Gasteiger partial charge >= 0.3 is 0 Å². The first kappa shape index (κ1) is 14.5. The van der Waals surface area contributed by atoms with Crippen LogP contribution in [0.3, 0.4) is 0 Å². The Kier molecular flexibility index (Phi) is 4.06. The SMILES string of the molecule is O=C(NCCC(=O)N1CC(O)C1)c1ccc2ccccc2c1. The summed E-state index contributed by atoms with van der Waals surface area (Å²) < 4.78 is 0. The molecular weight excluding hydrogens is 280 g/mol. The van der Waals surface area contributed by atoms with Crippen LogP contribution in [0.2, 0.25) is 0 Å². The van der Waals surface area contributed by atoms with E-state index < -0.39 is 6.10 Å². The number of fused-ring (bicyclic) bond motifs is 1. The number of β-amino-alcohol motifs (C(OH)–C–C–N with tert-alkyl or cyclic N) is 1. The van der Waals surface area contributed by atoms with Gasteiger partial charge in [-0.3, -0.25) is 9.59 Å². The summed E-state index contributed by atoms with van der Waals surface area (Å²) in [5, 5.41) is 14.0. The van der Waals surface area contributed by atoms with Gasteiger partial charge in [-0.15, -0.1) is 0 Å². The van der Waals surface area contributed by atoms with E-state index >= 15 is 0 Å². The molecule has 0 saturated carbocycles. The predicted molar refractivity (Wildman–Crippen MR) is 83.5 cm³/mol. The minimum atomic E-state index is -0.392. The van der Waals surface area contributed by atoms with Crippen molar-refractivity contribution in [2.45, 2.75) is 12.5 Å². The lowest BCUT2D eigenvalue weighted by atomic mass is 10.1. The highest BCUT2D eigenvalue weighted by molar-refractivity contribution is 5.98. The van der Waals surface area contributed by atoms with Crippen molar-refractivity contribution in [2.24, 2.45) is 0 Å². The molecule has 3 rings (SSSR count). The number of benzene rings is 2. The van der Waals surface area contributed by atoms with E-state index in [1.165, 1.54) is 0 Å². The van der Waals surface area contributed by atoms with Crippen LogP contribution in [0.1, 0.15) is 16.8 Å². The Hall–Kier alpha value is -2.40. The summed E-state index contributed by atoms with van der Waals surface area (Å²) in [7, 11) is 0. The first-order valence-electron chi connectivity index (χ1n) is 7.36. The third-order valence-electron chi connectivity index (χ3n) is 3.85. The van der Waals surface area contributed by atoms with Gasteiger partial charge in [0.15, 0.2) is 0 Å². The average molecular weight is 298 g/mol. The van der Waals surface area contributed by atoms with Gasteiger partial charge in [-0.25, -0.2) is 0 Å². The van der Waals surface area contributed by atoms with Crippen molar-refractivity contribution in [1.29, 1.82) is 0 Å². The molecule has 1 aliphatic rings. The summed E-state index contributed by atoms with van der Waals surface area (Å²) in [6, 6.07) is 13.4. The van der Waals surface area contributed by atoms with Crippen molar-refractivity contribution < 1.29 is 14.7 Å². The van der Waals surface area contributed by atoms with Gasteiger partial charge in [-0.2, -0.15) is 0 Å². The number of aliphatic hydroxyl groups is 1. The van der Waals surface area contributed by atoms with Crippen LogP contribution in [-0.2, 0) is 4.79 Å². The summed E-state index contributed by atoms with van der Waals surface area (Å²) in [5.74, 6) is -0.216. The normalized spacial score (nSPS) is 14.7. The van der Waals surface area contributed by atoms with E-state index in [0.717, 1.165) is 10.8 Å². The summed E-state index contributed by atoms with van der Waals surface area (Å²) in [5.41, 5.74) is 0.588. The maximum Gasteiger partial charge on any atom is 0.251 e. The number of nitrogens with zero attached hydrogens (tertiary/aromatic N) is 1. The highest BCUT2D eigenvalue weighted by atomic mass is 16.3. The second-order valence-corrected chi connectivity index (χ2v) is 5.52. The van der Waals surface area contributed by atoms with Crippen LogP contribution in [0.15, 0.2) is 42.5 Å². The molecule has 2 amide bonds. The molecule has 2 aromatic rings. The zero-order chi connectivity index (χ0) is 15.5. The zero-order valence-corrected chi connectivity index (χ0v) is 12.2. The van der Waals surface area contributed by atoms with Gasteiger partial charge in [0.05, 0.1) is 6.10 Å². The fourth-order valence-corrected chi connectivity index (χ4v) is 2.53. The van der Waals surface area contributed by atoms with E-state index in [1.54, 1.807) is 11.0 Å².